The monoisotopic (exact) mass is 407 g/mol. The lowest BCUT2D eigenvalue weighted by Crippen LogP contribution is -2.44. The van der Waals surface area contributed by atoms with E-state index in [2.05, 4.69) is 0 Å². The zero-order chi connectivity index (χ0) is 20.8. The number of nitrogens with zero attached hydrogens (tertiary/aromatic N) is 2. The lowest BCUT2D eigenvalue weighted by molar-refractivity contribution is -0.172. The molecule has 6 rings (SSSR count). The molecule has 3 aliphatic heterocycles. The van der Waals surface area contributed by atoms with Crippen LogP contribution in [0.15, 0.2) is 23.0 Å². The number of ether oxygens (including phenoxy) is 3. The molecule has 0 saturated heterocycles. The van der Waals surface area contributed by atoms with Crippen LogP contribution in [-0.4, -0.2) is 27.4 Å². The summed E-state index contributed by atoms with van der Waals surface area (Å²) in [6.45, 7) is 1.90. The second-order valence-electron chi connectivity index (χ2n) is 7.70. The van der Waals surface area contributed by atoms with Crippen molar-refractivity contribution in [1.82, 2.24) is 9.55 Å². The summed E-state index contributed by atoms with van der Waals surface area (Å²) in [7, 11) is 0. The van der Waals surface area contributed by atoms with E-state index in [4.69, 9.17) is 24.9 Å². The average Bonchev–Trinajstić information content (AvgIpc) is 3.36. The average molecular weight is 407 g/mol. The number of cyclic esters (lactones) is 1. The highest BCUT2D eigenvalue weighted by atomic mass is 16.7. The van der Waals surface area contributed by atoms with E-state index in [0.29, 0.717) is 46.2 Å². The Labute approximate surface area is 169 Å². The zero-order valence-electron chi connectivity index (χ0n) is 16.0. The first-order valence-corrected chi connectivity index (χ1v) is 9.61. The van der Waals surface area contributed by atoms with Gasteiger partial charge in [-0.1, -0.05) is 6.92 Å². The molecule has 152 valence electrons. The Morgan fingerprint density at radius 3 is 2.80 bits per heavy atom. The van der Waals surface area contributed by atoms with Crippen LogP contribution in [0.5, 0.6) is 11.5 Å². The molecule has 0 aliphatic carbocycles. The molecule has 0 bridgehead atoms. The standard InChI is InChI=1S/C21H17N3O6/c1-2-21(27)12-5-14-15-10(6-24(14)19(25)11(12)7-28-20(21)26)3-9-4-13(22)17-18(16(9)23-15)30-8-29-17/h3-5,27H,2,6-8,22H2,1H3/t21-/m0/s1. The number of benzene rings is 1. The first kappa shape index (κ1) is 17.3. The Bertz CT molecular complexity index is 1360. The molecule has 9 heteroatoms. The predicted molar refractivity (Wildman–Crippen MR) is 105 cm³/mol. The van der Waals surface area contributed by atoms with E-state index in [1.807, 2.05) is 6.07 Å². The molecule has 3 N–H and O–H groups in total. The van der Waals surface area contributed by atoms with Gasteiger partial charge in [0.05, 0.1) is 29.2 Å². The minimum atomic E-state index is -1.85. The first-order valence-electron chi connectivity index (χ1n) is 9.61. The number of nitrogen functional groups attached to an aromatic ring is 1. The van der Waals surface area contributed by atoms with Gasteiger partial charge in [0.15, 0.2) is 17.1 Å². The molecule has 0 radical (unpaired) electrons. The molecule has 0 saturated carbocycles. The highest BCUT2D eigenvalue weighted by molar-refractivity contribution is 5.95. The number of carbonyl (C=O) groups is 1. The Hall–Kier alpha value is -3.59. The van der Waals surface area contributed by atoms with Gasteiger partial charge in [-0.3, -0.25) is 4.79 Å². The van der Waals surface area contributed by atoms with Crippen LogP contribution in [0, 0.1) is 0 Å². The maximum atomic E-state index is 13.2. The van der Waals surface area contributed by atoms with E-state index in [9.17, 15) is 14.7 Å². The molecule has 1 atom stereocenters. The number of anilines is 1. The molecule has 0 unspecified atom stereocenters. The van der Waals surface area contributed by atoms with Crippen molar-refractivity contribution in [3.05, 3.63) is 45.2 Å². The summed E-state index contributed by atoms with van der Waals surface area (Å²) in [6.07, 6.45) is 0.0949. The molecule has 5 heterocycles. The summed E-state index contributed by atoms with van der Waals surface area (Å²) >= 11 is 0. The first-order chi connectivity index (χ1) is 14.4. The Kier molecular flexibility index (Phi) is 3.18. The van der Waals surface area contributed by atoms with Crippen molar-refractivity contribution in [3.63, 3.8) is 0 Å². The van der Waals surface area contributed by atoms with Crippen LogP contribution in [0.1, 0.15) is 30.0 Å². The smallest absolute Gasteiger partial charge is 0.343 e. The lowest BCUT2D eigenvalue weighted by Gasteiger charge is -2.31. The summed E-state index contributed by atoms with van der Waals surface area (Å²) in [5.74, 6) is 0.185. The number of aliphatic hydroxyl groups is 1. The Morgan fingerprint density at radius 2 is 2.00 bits per heavy atom. The summed E-state index contributed by atoms with van der Waals surface area (Å²) in [4.78, 5) is 30.2. The van der Waals surface area contributed by atoms with E-state index < -0.39 is 11.6 Å². The van der Waals surface area contributed by atoms with E-state index in [0.717, 1.165) is 10.9 Å². The molecule has 0 spiro atoms. The van der Waals surface area contributed by atoms with Crippen molar-refractivity contribution in [1.29, 1.82) is 0 Å². The van der Waals surface area contributed by atoms with E-state index in [-0.39, 0.29) is 30.9 Å². The number of rotatable bonds is 1. The topological polar surface area (TPSA) is 126 Å². The normalized spacial score (nSPS) is 20.7. The molecule has 0 fully saturated rings. The van der Waals surface area contributed by atoms with Gasteiger partial charge in [-0.15, -0.1) is 0 Å². The molecule has 1 aromatic carbocycles. The molecule has 30 heavy (non-hydrogen) atoms. The van der Waals surface area contributed by atoms with Crippen molar-refractivity contribution in [2.45, 2.75) is 32.1 Å². The number of pyridine rings is 2. The third kappa shape index (κ3) is 1.97. The summed E-state index contributed by atoms with van der Waals surface area (Å²) in [6, 6.07) is 5.38. The fourth-order valence-electron chi connectivity index (χ4n) is 4.53. The Morgan fingerprint density at radius 1 is 1.20 bits per heavy atom. The van der Waals surface area contributed by atoms with Crippen LogP contribution in [0.3, 0.4) is 0 Å². The van der Waals surface area contributed by atoms with Crippen LogP contribution in [0.25, 0.3) is 22.3 Å². The number of carbonyl (C=O) groups excluding carboxylic acids is 1. The van der Waals surface area contributed by atoms with Crippen molar-refractivity contribution in [2.75, 3.05) is 12.5 Å². The number of nitrogens with two attached hydrogens (primary N) is 1. The van der Waals surface area contributed by atoms with Crippen LogP contribution < -0.4 is 20.8 Å². The quantitative estimate of drug-likeness (QED) is 0.358. The molecule has 0 amide bonds. The minimum Gasteiger partial charge on any atom is -0.458 e. The highest BCUT2D eigenvalue weighted by Crippen LogP contribution is 2.45. The SMILES string of the molecule is CC[C@@]1(O)C(=O)OCc2c1cc1n(c2=O)Cc2cc3cc(N)c4c(c3nc2-1)OCO4. The van der Waals surface area contributed by atoms with E-state index in [1.165, 1.54) is 0 Å². The molecular weight excluding hydrogens is 390 g/mol. The van der Waals surface area contributed by atoms with Gasteiger partial charge in [0.25, 0.3) is 5.56 Å². The predicted octanol–water partition coefficient (Wildman–Crippen LogP) is 1.39. The number of aromatic nitrogens is 2. The molecule has 3 aromatic rings. The zero-order valence-corrected chi connectivity index (χ0v) is 16.0. The van der Waals surface area contributed by atoms with Gasteiger partial charge in [-0.25, -0.2) is 9.78 Å². The summed E-state index contributed by atoms with van der Waals surface area (Å²) in [5.41, 5.74) is 7.53. The van der Waals surface area contributed by atoms with E-state index >= 15 is 0 Å². The second kappa shape index (κ2) is 5.51. The number of hydrogen-bond donors (Lipinski definition) is 2. The van der Waals surface area contributed by atoms with Gasteiger partial charge in [-0.05, 0) is 24.6 Å². The minimum absolute atomic E-state index is 0.0621. The van der Waals surface area contributed by atoms with Crippen LogP contribution >= 0.6 is 0 Å². The number of esters is 1. The van der Waals surface area contributed by atoms with Crippen molar-refractivity contribution in [3.8, 4) is 22.9 Å². The fourth-order valence-corrected chi connectivity index (χ4v) is 4.53. The van der Waals surface area contributed by atoms with Crippen molar-refractivity contribution < 1.29 is 24.1 Å². The Balaban J connectivity index is 1.64. The maximum Gasteiger partial charge on any atom is 0.343 e. The van der Waals surface area contributed by atoms with Gasteiger partial charge >= 0.3 is 5.97 Å². The largest absolute Gasteiger partial charge is 0.458 e. The van der Waals surface area contributed by atoms with E-state index in [1.54, 1.807) is 23.6 Å². The highest BCUT2D eigenvalue weighted by Gasteiger charge is 2.45. The van der Waals surface area contributed by atoms with Gasteiger partial charge in [-0.2, -0.15) is 0 Å². The van der Waals surface area contributed by atoms with Crippen LogP contribution in [-0.2, 0) is 28.3 Å². The molecule has 3 aliphatic rings. The molecule has 2 aromatic heterocycles. The van der Waals surface area contributed by atoms with Gasteiger partial charge in [0, 0.05) is 16.5 Å². The summed E-state index contributed by atoms with van der Waals surface area (Å²) < 4.78 is 17.7. The van der Waals surface area contributed by atoms with Gasteiger partial charge < -0.3 is 29.6 Å². The molecular formula is C21H17N3O6. The van der Waals surface area contributed by atoms with Crippen molar-refractivity contribution in [2.24, 2.45) is 0 Å². The van der Waals surface area contributed by atoms with Gasteiger partial charge in [0.2, 0.25) is 6.79 Å². The third-order valence-corrected chi connectivity index (χ3v) is 6.15. The summed E-state index contributed by atoms with van der Waals surface area (Å²) in [5, 5.41) is 11.7. The van der Waals surface area contributed by atoms with Gasteiger partial charge in [0.1, 0.15) is 12.1 Å². The third-order valence-electron chi connectivity index (χ3n) is 6.15. The van der Waals surface area contributed by atoms with Crippen LogP contribution in [0.2, 0.25) is 0 Å². The molecule has 9 nitrogen and oxygen atoms in total. The number of hydrogen-bond acceptors (Lipinski definition) is 8. The maximum absolute atomic E-state index is 13.2. The second-order valence-corrected chi connectivity index (χ2v) is 7.70. The lowest BCUT2D eigenvalue weighted by atomic mass is 9.86. The van der Waals surface area contributed by atoms with Crippen molar-refractivity contribution >= 4 is 22.6 Å². The fraction of sp³-hybridized carbons (Fsp3) is 0.286. The van der Waals surface area contributed by atoms with Crippen LogP contribution in [0.4, 0.5) is 5.69 Å². The number of fused-ring (bicyclic) bond motifs is 7.